The van der Waals surface area contributed by atoms with Crippen LogP contribution in [-0.2, 0) is 6.42 Å². The largest absolute Gasteiger partial charge is 0.388 e. The summed E-state index contributed by atoms with van der Waals surface area (Å²) in [4.78, 5) is 1.30. The van der Waals surface area contributed by atoms with Crippen LogP contribution in [0.3, 0.4) is 0 Å². The Bertz CT molecular complexity index is 484. The molecule has 2 aromatic rings. The highest BCUT2D eigenvalue weighted by Crippen LogP contribution is 2.29. The molecule has 0 radical (unpaired) electrons. The summed E-state index contributed by atoms with van der Waals surface area (Å²) in [6, 6.07) is 9.60. The van der Waals surface area contributed by atoms with Crippen LogP contribution in [0, 0.1) is 0 Å². The number of hydrogen-bond donors (Lipinski definition) is 1. The lowest BCUT2D eigenvalue weighted by molar-refractivity contribution is 0.167. The second kappa shape index (κ2) is 6.01. The number of rotatable bonds is 4. The second-order valence-corrected chi connectivity index (χ2v) is 6.12. The van der Waals surface area contributed by atoms with Crippen LogP contribution < -0.4 is 0 Å². The van der Waals surface area contributed by atoms with E-state index in [-0.39, 0.29) is 0 Å². The van der Waals surface area contributed by atoms with E-state index in [2.05, 4.69) is 27.4 Å². The molecule has 17 heavy (non-hydrogen) atoms. The molecule has 1 nitrogen and oxygen atoms in total. The van der Waals surface area contributed by atoms with Crippen LogP contribution in [0.4, 0.5) is 0 Å². The molecule has 1 unspecified atom stereocenters. The fourth-order valence-corrected chi connectivity index (χ4v) is 3.33. The third-order valence-corrected chi connectivity index (χ3v) is 4.42. The molecule has 1 aromatic heterocycles. The summed E-state index contributed by atoms with van der Waals surface area (Å²) >= 11 is 11.0. The van der Waals surface area contributed by atoms with Gasteiger partial charge in [0.15, 0.2) is 0 Å². The molecular weight excluding hydrogens is 320 g/mol. The molecule has 1 aromatic carbocycles. The van der Waals surface area contributed by atoms with E-state index >= 15 is 0 Å². The third-order valence-electron chi connectivity index (χ3n) is 2.57. The Morgan fingerprint density at radius 1 is 1.35 bits per heavy atom. The molecule has 0 saturated heterocycles. The van der Waals surface area contributed by atoms with Crippen molar-refractivity contribution < 1.29 is 5.11 Å². The summed E-state index contributed by atoms with van der Waals surface area (Å²) in [5, 5.41) is 12.9. The van der Waals surface area contributed by atoms with E-state index in [4.69, 9.17) is 11.6 Å². The normalized spacial score (nSPS) is 12.6. The molecule has 0 fully saturated rings. The molecular formula is C13H12BrClOS. The summed E-state index contributed by atoms with van der Waals surface area (Å²) in [5.41, 5.74) is 0.894. The third kappa shape index (κ3) is 3.55. The zero-order chi connectivity index (χ0) is 12.3. The van der Waals surface area contributed by atoms with Gasteiger partial charge in [-0.25, -0.2) is 0 Å². The number of halogens is 2. The zero-order valence-corrected chi connectivity index (χ0v) is 12.2. The van der Waals surface area contributed by atoms with Gasteiger partial charge in [-0.15, -0.1) is 11.3 Å². The highest BCUT2D eigenvalue weighted by Gasteiger charge is 2.11. The van der Waals surface area contributed by atoms with Gasteiger partial charge in [-0.05, 0) is 42.0 Å². The lowest BCUT2D eigenvalue weighted by Gasteiger charge is -2.12. The number of aliphatic hydroxyl groups is 1. The zero-order valence-electron chi connectivity index (χ0n) is 9.07. The second-order valence-electron chi connectivity index (χ2n) is 3.80. The minimum atomic E-state index is -0.455. The predicted molar refractivity (Wildman–Crippen MR) is 76.8 cm³/mol. The van der Waals surface area contributed by atoms with Crippen LogP contribution in [0.15, 0.2) is 40.2 Å². The first-order valence-electron chi connectivity index (χ1n) is 5.32. The van der Waals surface area contributed by atoms with Gasteiger partial charge in [0.25, 0.3) is 0 Å². The van der Waals surface area contributed by atoms with Crippen molar-refractivity contribution in [3.05, 3.63) is 55.6 Å². The molecule has 0 spiro atoms. The van der Waals surface area contributed by atoms with Crippen molar-refractivity contribution in [2.75, 3.05) is 0 Å². The van der Waals surface area contributed by atoms with Gasteiger partial charge < -0.3 is 5.11 Å². The first kappa shape index (κ1) is 13.1. The minimum Gasteiger partial charge on any atom is -0.388 e. The molecule has 4 heteroatoms. The number of aryl methyl sites for hydroxylation is 1. The monoisotopic (exact) mass is 330 g/mol. The van der Waals surface area contributed by atoms with E-state index in [1.807, 2.05) is 18.2 Å². The summed E-state index contributed by atoms with van der Waals surface area (Å²) in [7, 11) is 0. The van der Waals surface area contributed by atoms with Crippen molar-refractivity contribution in [2.45, 2.75) is 18.9 Å². The molecule has 1 heterocycles. The molecule has 0 saturated carbocycles. The number of thiophene rings is 1. The van der Waals surface area contributed by atoms with Crippen LogP contribution in [0.1, 0.15) is 23.0 Å². The van der Waals surface area contributed by atoms with Crippen molar-refractivity contribution in [3.8, 4) is 0 Å². The fraction of sp³-hybridized carbons (Fsp3) is 0.231. The molecule has 0 aliphatic rings. The van der Waals surface area contributed by atoms with Gasteiger partial charge >= 0.3 is 0 Å². The van der Waals surface area contributed by atoms with Crippen LogP contribution in [0.25, 0.3) is 0 Å². The van der Waals surface area contributed by atoms with Gasteiger partial charge in [-0.2, -0.15) is 0 Å². The standard InChI is InChI=1S/C13H12BrClOS/c14-12-8-9(15)3-5-11(12)13(16)6-4-10-2-1-7-17-10/h1-3,5,7-8,13,16H,4,6H2. The Labute approximate surface area is 118 Å². The molecule has 90 valence electrons. The van der Waals surface area contributed by atoms with Crippen LogP contribution >= 0.6 is 38.9 Å². The molecule has 1 N–H and O–H groups in total. The van der Waals surface area contributed by atoms with Crippen molar-refractivity contribution in [3.63, 3.8) is 0 Å². The maximum absolute atomic E-state index is 10.1. The number of hydrogen-bond acceptors (Lipinski definition) is 2. The molecule has 0 aliphatic heterocycles. The van der Waals surface area contributed by atoms with Crippen LogP contribution in [0.2, 0.25) is 5.02 Å². The van der Waals surface area contributed by atoms with E-state index in [1.165, 1.54) is 4.88 Å². The first-order valence-corrected chi connectivity index (χ1v) is 7.37. The highest BCUT2D eigenvalue weighted by molar-refractivity contribution is 9.10. The average molecular weight is 332 g/mol. The number of benzene rings is 1. The molecule has 0 bridgehead atoms. The van der Waals surface area contributed by atoms with Gasteiger partial charge in [0.05, 0.1) is 6.10 Å². The SMILES string of the molecule is OC(CCc1cccs1)c1ccc(Cl)cc1Br. The van der Waals surface area contributed by atoms with Crippen molar-refractivity contribution in [2.24, 2.45) is 0 Å². The Hall–Kier alpha value is -0.350. The van der Waals surface area contributed by atoms with Gasteiger partial charge in [0, 0.05) is 14.4 Å². The van der Waals surface area contributed by atoms with Crippen molar-refractivity contribution in [1.82, 2.24) is 0 Å². The molecule has 1 atom stereocenters. The van der Waals surface area contributed by atoms with E-state index < -0.39 is 6.10 Å². The summed E-state index contributed by atoms with van der Waals surface area (Å²) < 4.78 is 0.865. The van der Waals surface area contributed by atoms with Gasteiger partial charge in [0.2, 0.25) is 0 Å². The first-order chi connectivity index (χ1) is 8.16. The topological polar surface area (TPSA) is 20.2 Å². The van der Waals surface area contributed by atoms with Gasteiger partial charge in [0.1, 0.15) is 0 Å². The maximum Gasteiger partial charge on any atom is 0.0804 e. The predicted octanol–water partition coefficient (Wildman–Crippen LogP) is 4.83. The molecule has 0 amide bonds. The van der Waals surface area contributed by atoms with E-state index in [1.54, 1.807) is 17.4 Å². The maximum atomic E-state index is 10.1. The number of aliphatic hydroxyl groups excluding tert-OH is 1. The Morgan fingerprint density at radius 2 is 2.18 bits per heavy atom. The van der Waals surface area contributed by atoms with E-state index in [0.29, 0.717) is 5.02 Å². The Morgan fingerprint density at radius 3 is 2.82 bits per heavy atom. The lowest BCUT2D eigenvalue weighted by atomic mass is 10.0. The highest BCUT2D eigenvalue weighted by atomic mass is 79.9. The Balaban J connectivity index is 2.01. The van der Waals surface area contributed by atoms with Crippen LogP contribution in [0.5, 0.6) is 0 Å². The lowest BCUT2D eigenvalue weighted by Crippen LogP contribution is -2.00. The van der Waals surface area contributed by atoms with Gasteiger partial charge in [-0.3, -0.25) is 0 Å². The van der Waals surface area contributed by atoms with Crippen molar-refractivity contribution in [1.29, 1.82) is 0 Å². The summed E-state index contributed by atoms with van der Waals surface area (Å²) in [6.07, 6.45) is 1.16. The Kier molecular flexibility index (Phi) is 4.62. The molecule has 0 aliphatic carbocycles. The summed E-state index contributed by atoms with van der Waals surface area (Å²) in [6.45, 7) is 0. The fourth-order valence-electron chi connectivity index (χ4n) is 1.66. The van der Waals surface area contributed by atoms with E-state index in [9.17, 15) is 5.11 Å². The average Bonchev–Trinajstić information content (AvgIpc) is 2.78. The van der Waals surface area contributed by atoms with Crippen LogP contribution in [-0.4, -0.2) is 5.11 Å². The van der Waals surface area contributed by atoms with Gasteiger partial charge in [-0.1, -0.05) is 39.7 Å². The van der Waals surface area contributed by atoms with Crippen molar-refractivity contribution >= 4 is 38.9 Å². The summed E-state index contributed by atoms with van der Waals surface area (Å²) in [5.74, 6) is 0. The van der Waals surface area contributed by atoms with E-state index in [0.717, 1.165) is 22.9 Å². The molecule has 2 rings (SSSR count). The minimum absolute atomic E-state index is 0.455. The quantitative estimate of drug-likeness (QED) is 0.850. The smallest absolute Gasteiger partial charge is 0.0804 e.